The van der Waals surface area contributed by atoms with Crippen molar-refractivity contribution in [3.05, 3.63) is 46.2 Å². The van der Waals surface area contributed by atoms with Gasteiger partial charge < -0.3 is 20.3 Å². The molecule has 1 fully saturated rings. The fraction of sp³-hybridized carbons (Fsp3) is 0.389. The number of anilines is 2. The first kappa shape index (κ1) is 18.6. The maximum absolute atomic E-state index is 12.1. The second kappa shape index (κ2) is 8.95. The number of benzene rings is 1. The van der Waals surface area contributed by atoms with Crippen LogP contribution >= 0.6 is 15.9 Å². The zero-order valence-corrected chi connectivity index (χ0v) is 16.3. The number of nitrogens with zero attached hydrogens (tertiary/aromatic N) is 3. The topological polar surface area (TPSA) is 79.4 Å². The molecule has 8 heteroatoms. The van der Waals surface area contributed by atoms with E-state index in [1.54, 1.807) is 12.1 Å². The van der Waals surface area contributed by atoms with E-state index in [1.165, 1.54) is 0 Å². The third-order valence-corrected chi connectivity index (χ3v) is 4.51. The molecule has 1 aromatic carbocycles. The number of hydrogen-bond acceptors (Lipinski definition) is 6. The van der Waals surface area contributed by atoms with Gasteiger partial charge in [0.15, 0.2) is 0 Å². The number of carbonyl (C=O) groups is 1. The Bertz CT molecular complexity index is 748. The maximum Gasteiger partial charge on any atom is 0.251 e. The van der Waals surface area contributed by atoms with Crippen LogP contribution in [0.2, 0.25) is 0 Å². The van der Waals surface area contributed by atoms with Gasteiger partial charge in [-0.2, -0.15) is 0 Å². The van der Waals surface area contributed by atoms with Gasteiger partial charge in [-0.25, -0.2) is 9.97 Å². The molecule has 0 aliphatic carbocycles. The van der Waals surface area contributed by atoms with Crippen LogP contribution in [0.15, 0.2) is 34.8 Å². The van der Waals surface area contributed by atoms with E-state index >= 15 is 0 Å². The predicted octanol–water partition coefficient (Wildman–Crippen LogP) is 2.23. The van der Waals surface area contributed by atoms with Crippen molar-refractivity contribution in [1.82, 2.24) is 15.3 Å². The van der Waals surface area contributed by atoms with Crippen molar-refractivity contribution < 1.29 is 9.53 Å². The minimum atomic E-state index is -0.0906. The van der Waals surface area contributed by atoms with Gasteiger partial charge in [0.25, 0.3) is 5.91 Å². The van der Waals surface area contributed by atoms with Crippen LogP contribution in [0, 0.1) is 6.92 Å². The first-order valence-corrected chi connectivity index (χ1v) is 9.37. The lowest BCUT2D eigenvalue weighted by molar-refractivity contribution is 0.0955. The molecule has 26 heavy (non-hydrogen) atoms. The van der Waals surface area contributed by atoms with Crippen LogP contribution in [-0.2, 0) is 4.74 Å². The highest BCUT2D eigenvalue weighted by molar-refractivity contribution is 9.10. The molecule has 0 radical (unpaired) electrons. The number of aryl methyl sites for hydroxylation is 1. The van der Waals surface area contributed by atoms with Gasteiger partial charge in [0.2, 0.25) is 0 Å². The van der Waals surface area contributed by atoms with Crippen LogP contribution in [0.1, 0.15) is 16.2 Å². The fourth-order valence-corrected chi connectivity index (χ4v) is 2.93. The molecule has 138 valence electrons. The van der Waals surface area contributed by atoms with Gasteiger partial charge in [0, 0.05) is 42.3 Å². The summed E-state index contributed by atoms with van der Waals surface area (Å²) >= 11 is 3.36. The number of carbonyl (C=O) groups excluding carboxylic acids is 1. The number of amides is 1. The summed E-state index contributed by atoms with van der Waals surface area (Å²) in [5, 5.41) is 6.14. The molecule has 1 aliphatic heterocycles. The molecule has 3 rings (SSSR count). The van der Waals surface area contributed by atoms with E-state index < -0.39 is 0 Å². The predicted molar refractivity (Wildman–Crippen MR) is 105 cm³/mol. The van der Waals surface area contributed by atoms with Gasteiger partial charge in [0.05, 0.1) is 13.2 Å². The summed E-state index contributed by atoms with van der Waals surface area (Å²) in [6, 6.07) is 9.22. The third kappa shape index (κ3) is 5.15. The molecule has 1 aromatic heterocycles. The second-order valence-electron chi connectivity index (χ2n) is 5.95. The van der Waals surface area contributed by atoms with Crippen molar-refractivity contribution in [2.45, 2.75) is 6.92 Å². The molecule has 1 amide bonds. The Morgan fingerprint density at radius 2 is 1.92 bits per heavy atom. The molecule has 1 saturated heterocycles. The molecule has 0 unspecified atom stereocenters. The lowest BCUT2D eigenvalue weighted by Gasteiger charge is -2.28. The number of hydrogen-bond donors (Lipinski definition) is 2. The third-order valence-electron chi connectivity index (χ3n) is 3.98. The number of nitrogens with one attached hydrogen (secondary N) is 2. The summed E-state index contributed by atoms with van der Waals surface area (Å²) in [6.07, 6.45) is 0. The van der Waals surface area contributed by atoms with E-state index in [1.807, 2.05) is 25.1 Å². The molecule has 0 saturated carbocycles. The van der Waals surface area contributed by atoms with E-state index in [0.717, 1.165) is 35.0 Å². The van der Waals surface area contributed by atoms with Crippen LogP contribution < -0.4 is 15.5 Å². The van der Waals surface area contributed by atoms with Gasteiger partial charge >= 0.3 is 0 Å². The zero-order valence-electron chi connectivity index (χ0n) is 14.7. The van der Waals surface area contributed by atoms with Gasteiger partial charge in [0.1, 0.15) is 17.5 Å². The number of aromatic nitrogens is 2. The Morgan fingerprint density at radius 1 is 1.19 bits per heavy atom. The summed E-state index contributed by atoms with van der Waals surface area (Å²) in [7, 11) is 0. The monoisotopic (exact) mass is 419 g/mol. The van der Waals surface area contributed by atoms with Crippen molar-refractivity contribution in [2.75, 3.05) is 49.6 Å². The van der Waals surface area contributed by atoms with Crippen molar-refractivity contribution in [3.63, 3.8) is 0 Å². The Kier molecular flexibility index (Phi) is 6.40. The minimum absolute atomic E-state index is 0.0906. The normalized spacial score (nSPS) is 14.2. The van der Waals surface area contributed by atoms with E-state index in [4.69, 9.17) is 4.74 Å². The van der Waals surface area contributed by atoms with Gasteiger partial charge in [-0.1, -0.05) is 15.9 Å². The highest BCUT2D eigenvalue weighted by Crippen LogP contribution is 2.17. The Hall–Kier alpha value is -2.19. The van der Waals surface area contributed by atoms with Gasteiger partial charge in [-0.05, 0) is 31.2 Å². The molecule has 2 heterocycles. The number of ether oxygens (including phenoxy) is 1. The van der Waals surface area contributed by atoms with Crippen LogP contribution in [0.5, 0.6) is 0 Å². The first-order valence-electron chi connectivity index (χ1n) is 8.58. The average molecular weight is 420 g/mol. The Balaban J connectivity index is 1.50. The van der Waals surface area contributed by atoms with Crippen LogP contribution in [-0.4, -0.2) is 55.3 Å². The molecule has 0 bridgehead atoms. The van der Waals surface area contributed by atoms with Crippen LogP contribution in [0.4, 0.5) is 11.6 Å². The Morgan fingerprint density at radius 3 is 2.65 bits per heavy atom. The van der Waals surface area contributed by atoms with E-state index in [-0.39, 0.29) is 5.91 Å². The zero-order chi connectivity index (χ0) is 18.4. The van der Waals surface area contributed by atoms with Gasteiger partial charge in [-0.3, -0.25) is 4.79 Å². The quantitative estimate of drug-likeness (QED) is 0.698. The molecule has 0 atom stereocenters. The molecular weight excluding hydrogens is 398 g/mol. The first-order chi connectivity index (χ1) is 12.6. The molecule has 2 aromatic rings. The maximum atomic E-state index is 12.1. The summed E-state index contributed by atoms with van der Waals surface area (Å²) in [6.45, 7) is 6.07. The number of rotatable bonds is 6. The fourth-order valence-electron chi connectivity index (χ4n) is 2.67. The van der Waals surface area contributed by atoms with Crippen molar-refractivity contribution >= 4 is 33.5 Å². The molecule has 7 nitrogen and oxygen atoms in total. The summed E-state index contributed by atoms with van der Waals surface area (Å²) in [4.78, 5) is 23.2. The second-order valence-corrected chi connectivity index (χ2v) is 6.86. The lowest BCUT2D eigenvalue weighted by atomic mass is 10.2. The van der Waals surface area contributed by atoms with Crippen LogP contribution in [0.3, 0.4) is 0 Å². The Labute approximate surface area is 161 Å². The van der Waals surface area contributed by atoms with E-state index in [0.29, 0.717) is 31.9 Å². The highest BCUT2D eigenvalue weighted by atomic mass is 79.9. The average Bonchev–Trinajstić information content (AvgIpc) is 2.66. The number of halogens is 1. The summed E-state index contributed by atoms with van der Waals surface area (Å²) in [5.41, 5.74) is 0.640. The summed E-state index contributed by atoms with van der Waals surface area (Å²) in [5.74, 6) is 2.29. The lowest BCUT2D eigenvalue weighted by Crippen LogP contribution is -2.37. The standard InChI is InChI=1S/C18H22BrN5O2/c1-13-22-16(12-17(23-13)24-8-10-26-11-9-24)20-6-7-21-18(25)14-2-4-15(19)5-3-14/h2-5,12H,6-11H2,1H3,(H,21,25)(H,20,22,23). The molecular formula is C18H22BrN5O2. The highest BCUT2D eigenvalue weighted by Gasteiger charge is 2.14. The van der Waals surface area contributed by atoms with Crippen molar-refractivity contribution in [2.24, 2.45) is 0 Å². The van der Waals surface area contributed by atoms with Crippen LogP contribution in [0.25, 0.3) is 0 Å². The minimum Gasteiger partial charge on any atom is -0.378 e. The molecule has 0 spiro atoms. The van der Waals surface area contributed by atoms with Crippen molar-refractivity contribution in [1.29, 1.82) is 0 Å². The largest absolute Gasteiger partial charge is 0.378 e. The molecule has 1 aliphatic rings. The SMILES string of the molecule is Cc1nc(NCCNC(=O)c2ccc(Br)cc2)cc(N2CCOCC2)n1. The van der Waals surface area contributed by atoms with Gasteiger partial charge in [-0.15, -0.1) is 0 Å². The van der Waals surface area contributed by atoms with E-state index in [2.05, 4.69) is 41.4 Å². The number of morpholine rings is 1. The van der Waals surface area contributed by atoms with E-state index in [9.17, 15) is 4.79 Å². The summed E-state index contributed by atoms with van der Waals surface area (Å²) < 4.78 is 6.33. The van der Waals surface area contributed by atoms with Crippen molar-refractivity contribution in [3.8, 4) is 0 Å². The molecule has 2 N–H and O–H groups in total. The smallest absolute Gasteiger partial charge is 0.251 e.